The molecule has 50 heavy (non-hydrogen) atoms. The minimum atomic E-state index is -2.80. The number of fused-ring (bicyclic) bond motifs is 2. The van der Waals surface area contributed by atoms with E-state index < -0.39 is 70.5 Å². The van der Waals surface area contributed by atoms with Gasteiger partial charge in [0.2, 0.25) is 18.2 Å². The second-order valence-corrected chi connectivity index (χ2v) is 15.2. The third-order valence-electron chi connectivity index (χ3n) is 9.50. The highest BCUT2D eigenvalue weighted by atomic mass is 32.2. The van der Waals surface area contributed by atoms with Crippen LogP contribution in [-0.2, 0) is 19.2 Å². The van der Waals surface area contributed by atoms with Crippen LogP contribution in [0, 0.1) is 17.3 Å². The summed E-state index contributed by atoms with van der Waals surface area (Å²) in [6, 6.07) is 15.1. The number of carbonyl (C=O) groups is 5. The Balaban J connectivity index is 1.37. The zero-order valence-corrected chi connectivity index (χ0v) is 29.3. The molecule has 0 radical (unpaired) electrons. The van der Waals surface area contributed by atoms with Gasteiger partial charge in [0.15, 0.2) is 0 Å². The van der Waals surface area contributed by atoms with E-state index in [9.17, 15) is 32.8 Å². The van der Waals surface area contributed by atoms with Gasteiger partial charge in [-0.05, 0) is 54.7 Å². The molecule has 0 bridgehead atoms. The summed E-state index contributed by atoms with van der Waals surface area (Å²) >= 11 is 0.471. The van der Waals surface area contributed by atoms with Crippen LogP contribution in [0.15, 0.2) is 66.9 Å². The average molecular weight is 708 g/mol. The largest absolute Gasteiger partial charge is 0.343 e. The number of ketones is 1. The molecule has 5 rings (SSSR count). The number of thioether (sulfide) groups is 1. The van der Waals surface area contributed by atoms with Crippen molar-refractivity contribution in [1.29, 1.82) is 0 Å². The fourth-order valence-corrected chi connectivity index (χ4v) is 7.76. The van der Waals surface area contributed by atoms with Gasteiger partial charge in [0.05, 0.1) is 22.9 Å². The van der Waals surface area contributed by atoms with E-state index in [2.05, 4.69) is 20.9 Å². The summed E-state index contributed by atoms with van der Waals surface area (Å²) in [7, 11) is 0. The molecule has 6 atom stereocenters. The summed E-state index contributed by atoms with van der Waals surface area (Å²) in [4.78, 5) is 74.5. The number of amides is 4. The summed E-state index contributed by atoms with van der Waals surface area (Å²) in [5.41, 5.74) is 0.940. The van der Waals surface area contributed by atoms with Gasteiger partial charge in [-0.2, -0.15) is 0 Å². The van der Waals surface area contributed by atoms with Crippen LogP contribution >= 0.6 is 11.8 Å². The molecule has 0 spiro atoms. The maximum absolute atomic E-state index is 14.5. The summed E-state index contributed by atoms with van der Waals surface area (Å²) < 4.78 is 26.7. The quantitative estimate of drug-likeness (QED) is 0.180. The molecule has 1 unspecified atom stereocenters. The number of nitrogens with one attached hydrogen (secondary N) is 3. The van der Waals surface area contributed by atoms with Crippen molar-refractivity contribution in [3.63, 3.8) is 0 Å². The molecule has 2 aliphatic rings. The number of para-hydroxylation sites is 1. The van der Waals surface area contributed by atoms with Crippen LogP contribution in [-0.4, -0.2) is 75.5 Å². The Labute approximate surface area is 294 Å². The van der Waals surface area contributed by atoms with E-state index in [4.69, 9.17) is 0 Å². The van der Waals surface area contributed by atoms with Crippen molar-refractivity contribution in [2.24, 2.45) is 17.3 Å². The minimum Gasteiger partial charge on any atom is -0.343 e. The van der Waals surface area contributed by atoms with Crippen LogP contribution in [0.2, 0.25) is 0 Å². The Morgan fingerprint density at radius 2 is 1.64 bits per heavy atom. The summed E-state index contributed by atoms with van der Waals surface area (Å²) in [6.07, 6.45) is 1.02. The first kappa shape index (κ1) is 36.9. The van der Waals surface area contributed by atoms with Crippen LogP contribution < -0.4 is 16.0 Å². The molecule has 4 amide bonds. The number of nitrogens with zero attached hydrogens (tertiary/aromatic N) is 2. The molecule has 2 heterocycles. The third kappa shape index (κ3) is 8.31. The second kappa shape index (κ2) is 15.7. The fraction of sp³-hybridized carbons (Fsp3) is 0.459. The van der Waals surface area contributed by atoms with Crippen LogP contribution in [0.3, 0.4) is 0 Å². The SMILES string of the molecule is C[C@H](NC(=O)C(=O)C(NC(=O)[C@@H]1[C@H]2CCC[C@H]2CN1C(=O)[C@@H](NC(=O)c1ccnc2ccccc12)C(C)(C)C)SCC(F)F)c1ccccc1. The van der Waals surface area contributed by atoms with Gasteiger partial charge in [-0.3, -0.25) is 29.0 Å². The Morgan fingerprint density at radius 1 is 0.940 bits per heavy atom. The zero-order valence-electron chi connectivity index (χ0n) is 28.5. The molecule has 1 saturated heterocycles. The standard InChI is InChI=1S/C37H43F2N5O5S/c1-21(22-11-6-5-7-12-22)41-34(48)30(45)35(50-20-28(38)39)43-33(47)29-24-15-10-13-23(24)19-44(29)36(49)31(37(2,3)4)42-32(46)26-17-18-40-27-16-9-8-14-25(26)27/h5-9,11-12,14,16-18,21,23-24,28-29,31,35H,10,13,15,19-20H2,1-4H3,(H,41,48)(H,42,46)(H,43,47)/t21-,23-,24-,29-,31+,35?/m0/s1. The molecular weight excluding hydrogens is 665 g/mol. The van der Waals surface area contributed by atoms with Gasteiger partial charge < -0.3 is 20.9 Å². The molecule has 1 aromatic heterocycles. The number of carbonyl (C=O) groups excluding carboxylic acids is 5. The van der Waals surface area contributed by atoms with Gasteiger partial charge in [-0.15, -0.1) is 11.8 Å². The smallest absolute Gasteiger partial charge is 0.291 e. The van der Waals surface area contributed by atoms with E-state index in [-0.39, 0.29) is 18.4 Å². The zero-order chi connectivity index (χ0) is 36.2. The predicted octanol–water partition coefficient (Wildman–Crippen LogP) is 4.89. The van der Waals surface area contributed by atoms with E-state index in [0.717, 1.165) is 18.4 Å². The van der Waals surface area contributed by atoms with Crippen molar-refractivity contribution < 1.29 is 32.8 Å². The van der Waals surface area contributed by atoms with E-state index in [1.54, 1.807) is 55.5 Å². The molecule has 3 N–H and O–H groups in total. The number of hydrogen-bond donors (Lipinski definition) is 3. The van der Waals surface area contributed by atoms with Crippen LogP contribution in [0.1, 0.15) is 68.9 Å². The number of Topliss-reactive ketones (excluding diaryl/α,β-unsaturated/α-hetero) is 1. The first-order chi connectivity index (χ1) is 23.8. The van der Waals surface area contributed by atoms with E-state index >= 15 is 0 Å². The van der Waals surface area contributed by atoms with Gasteiger partial charge in [0, 0.05) is 18.1 Å². The number of likely N-dealkylation sites (tertiary alicyclic amines) is 1. The lowest BCUT2D eigenvalue weighted by atomic mass is 9.85. The number of hydrogen-bond acceptors (Lipinski definition) is 7. The summed E-state index contributed by atoms with van der Waals surface area (Å²) in [5, 5.41) is 7.10. The maximum Gasteiger partial charge on any atom is 0.291 e. The minimum absolute atomic E-state index is 0.00745. The molecule has 266 valence electrons. The monoisotopic (exact) mass is 707 g/mol. The number of halogens is 2. The van der Waals surface area contributed by atoms with Crippen LogP contribution in [0.4, 0.5) is 8.78 Å². The van der Waals surface area contributed by atoms with Gasteiger partial charge in [0.25, 0.3) is 17.6 Å². The number of alkyl halides is 2. The average Bonchev–Trinajstić information content (AvgIpc) is 3.69. The third-order valence-corrected chi connectivity index (χ3v) is 10.6. The van der Waals surface area contributed by atoms with Crippen LogP contribution in [0.25, 0.3) is 10.9 Å². The molecule has 1 aliphatic heterocycles. The Bertz CT molecular complexity index is 1730. The van der Waals surface area contributed by atoms with E-state index in [0.29, 0.717) is 34.6 Å². The normalized spacial score (nSPS) is 20.5. The molecule has 2 aromatic carbocycles. The summed E-state index contributed by atoms with van der Waals surface area (Å²) in [5.74, 6) is -4.75. The van der Waals surface area contributed by atoms with Crippen molar-refractivity contribution >= 4 is 52.1 Å². The van der Waals surface area contributed by atoms with Gasteiger partial charge in [-0.25, -0.2) is 8.78 Å². The Kier molecular flexibility index (Phi) is 11.5. The fourth-order valence-electron chi connectivity index (χ4n) is 6.96. The molecule has 2 fully saturated rings. The second-order valence-electron chi connectivity index (χ2n) is 14.0. The van der Waals surface area contributed by atoms with Crippen molar-refractivity contribution in [3.8, 4) is 0 Å². The number of rotatable bonds is 12. The molecular formula is C37H43F2N5O5S. The highest BCUT2D eigenvalue weighted by Crippen LogP contribution is 2.43. The van der Waals surface area contributed by atoms with Gasteiger partial charge in [-0.1, -0.05) is 75.7 Å². The lowest BCUT2D eigenvalue weighted by Crippen LogP contribution is -2.59. The number of aromatic nitrogens is 1. The van der Waals surface area contributed by atoms with Crippen LogP contribution in [0.5, 0.6) is 0 Å². The molecule has 3 aromatic rings. The Hall–Kier alpha value is -4.39. The first-order valence-electron chi connectivity index (χ1n) is 16.8. The highest BCUT2D eigenvalue weighted by Gasteiger charge is 2.52. The lowest BCUT2D eigenvalue weighted by molar-refractivity contribution is -0.144. The van der Waals surface area contributed by atoms with Crippen molar-refractivity contribution in [2.45, 2.75) is 76.9 Å². The van der Waals surface area contributed by atoms with Crippen molar-refractivity contribution in [2.75, 3.05) is 12.3 Å². The maximum atomic E-state index is 14.5. The van der Waals surface area contributed by atoms with Gasteiger partial charge >= 0.3 is 0 Å². The highest BCUT2D eigenvalue weighted by molar-refractivity contribution is 8.00. The van der Waals surface area contributed by atoms with Gasteiger partial charge in [0.1, 0.15) is 17.5 Å². The topological polar surface area (TPSA) is 138 Å². The van der Waals surface area contributed by atoms with E-state index in [1.807, 2.05) is 32.9 Å². The predicted molar refractivity (Wildman–Crippen MR) is 187 cm³/mol. The van der Waals surface area contributed by atoms with E-state index in [1.165, 1.54) is 11.1 Å². The molecule has 13 heteroatoms. The first-order valence-corrected chi connectivity index (χ1v) is 17.9. The number of benzene rings is 2. The number of pyridine rings is 1. The molecule has 1 aliphatic carbocycles. The molecule has 10 nitrogen and oxygen atoms in total. The Morgan fingerprint density at radius 3 is 2.34 bits per heavy atom. The molecule has 1 saturated carbocycles. The summed E-state index contributed by atoms with van der Waals surface area (Å²) in [6.45, 7) is 7.40. The lowest BCUT2D eigenvalue weighted by Gasteiger charge is -2.36. The van der Waals surface area contributed by atoms with Crippen molar-refractivity contribution in [3.05, 3.63) is 78.0 Å². The van der Waals surface area contributed by atoms with Crippen molar-refractivity contribution in [1.82, 2.24) is 25.8 Å².